The minimum Gasteiger partial charge on any atom is -0.497 e. The molecule has 0 aliphatic rings. The third-order valence-corrected chi connectivity index (χ3v) is 3.52. The molecule has 0 saturated carbocycles. The quantitative estimate of drug-likeness (QED) is 0.713. The van der Waals surface area contributed by atoms with Crippen LogP contribution in [0.25, 0.3) is 16.7 Å². The Bertz CT molecular complexity index is 801. The molecule has 0 fully saturated rings. The van der Waals surface area contributed by atoms with E-state index in [0.29, 0.717) is 4.77 Å². The second-order valence-corrected chi connectivity index (χ2v) is 4.82. The fraction of sp³-hybridized carbons (Fsp3) is 0.133. The van der Waals surface area contributed by atoms with Crippen LogP contribution in [0.1, 0.15) is 5.56 Å². The van der Waals surface area contributed by atoms with E-state index in [1.807, 2.05) is 36.4 Å². The average molecular weight is 270 g/mol. The molecule has 2 aromatic carbocycles. The lowest BCUT2D eigenvalue weighted by molar-refractivity contribution is 0.414. The fourth-order valence-electron chi connectivity index (χ4n) is 2.30. The minimum atomic E-state index is 0.703. The Balaban J connectivity index is 2.30. The molecule has 0 aliphatic carbocycles. The molecule has 0 amide bonds. The Hall–Kier alpha value is -2.07. The summed E-state index contributed by atoms with van der Waals surface area (Å²) in [5.74, 6) is 0.854. The standard InChI is InChI=1S/C15H14N2OS/c1-10-9-11(18-2)7-8-13(10)17-14-6-4-3-5-12(14)16-15(17)19/h3-9H,1-2H3,(H,16,19). The van der Waals surface area contributed by atoms with Crippen molar-refractivity contribution in [2.75, 3.05) is 7.11 Å². The van der Waals surface area contributed by atoms with Crippen LogP contribution in [0.15, 0.2) is 42.5 Å². The van der Waals surface area contributed by atoms with Gasteiger partial charge in [-0.15, -0.1) is 0 Å². The number of methoxy groups -OCH3 is 1. The van der Waals surface area contributed by atoms with E-state index in [4.69, 9.17) is 17.0 Å². The van der Waals surface area contributed by atoms with E-state index in [-0.39, 0.29) is 0 Å². The number of aromatic nitrogens is 2. The van der Waals surface area contributed by atoms with Crippen LogP contribution in [0.3, 0.4) is 0 Å². The molecule has 0 saturated heterocycles. The maximum atomic E-state index is 5.43. The Labute approximate surface area is 116 Å². The summed E-state index contributed by atoms with van der Waals surface area (Å²) >= 11 is 5.43. The van der Waals surface area contributed by atoms with Crippen LogP contribution in [0.5, 0.6) is 5.75 Å². The second-order valence-electron chi connectivity index (χ2n) is 4.44. The lowest BCUT2D eigenvalue weighted by Gasteiger charge is -2.10. The van der Waals surface area contributed by atoms with Crippen LogP contribution in [0, 0.1) is 11.7 Å². The third kappa shape index (κ3) is 1.94. The number of para-hydroxylation sites is 2. The van der Waals surface area contributed by atoms with E-state index in [1.165, 1.54) is 0 Å². The zero-order chi connectivity index (χ0) is 13.4. The SMILES string of the molecule is COc1ccc(-n2c(=S)[nH]c3ccccc32)c(C)c1. The highest BCUT2D eigenvalue weighted by Crippen LogP contribution is 2.24. The number of H-pyrrole nitrogens is 1. The summed E-state index contributed by atoms with van der Waals surface area (Å²) in [6.45, 7) is 2.06. The highest BCUT2D eigenvalue weighted by atomic mass is 32.1. The minimum absolute atomic E-state index is 0.703. The lowest BCUT2D eigenvalue weighted by Crippen LogP contribution is -1.97. The molecule has 96 valence electrons. The molecule has 0 atom stereocenters. The topological polar surface area (TPSA) is 29.9 Å². The molecule has 4 heteroatoms. The van der Waals surface area contributed by atoms with Crippen LogP contribution in [0.2, 0.25) is 0 Å². The molecule has 3 nitrogen and oxygen atoms in total. The molecular formula is C15H14N2OS. The molecule has 1 aromatic heterocycles. The van der Waals surface area contributed by atoms with E-state index in [9.17, 15) is 0 Å². The van der Waals surface area contributed by atoms with Crippen LogP contribution < -0.4 is 4.74 Å². The largest absolute Gasteiger partial charge is 0.497 e. The smallest absolute Gasteiger partial charge is 0.182 e. The Morgan fingerprint density at radius 1 is 1.16 bits per heavy atom. The van der Waals surface area contributed by atoms with E-state index in [1.54, 1.807) is 7.11 Å². The molecule has 1 N–H and O–H groups in total. The first-order valence-corrected chi connectivity index (χ1v) is 6.46. The molecule has 3 rings (SSSR count). The summed E-state index contributed by atoms with van der Waals surface area (Å²) in [4.78, 5) is 3.23. The summed E-state index contributed by atoms with van der Waals surface area (Å²) < 4.78 is 8.00. The van der Waals surface area contributed by atoms with E-state index in [0.717, 1.165) is 28.0 Å². The molecular weight excluding hydrogens is 256 g/mol. The van der Waals surface area contributed by atoms with Gasteiger partial charge in [0.05, 0.1) is 23.8 Å². The Morgan fingerprint density at radius 3 is 2.68 bits per heavy atom. The van der Waals surface area contributed by atoms with Crippen molar-refractivity contribution >= 4 is 23.3 Å². The van der Waals surface area contributed by atoms with Crippen molar-refractivity contribution in [2.24, 2.45) is 0 Å². The summed E-state index contributed by atoms with van der Waals surface area (Å²) in [5.41, 5.74) is 4.33. The van der Waals surface area contributed by atoms with Crippen molar-refractivity contribution in [3.05, 3.63) is 52.8 Å². The zero-order valence-electron chi connectivity index (χ0n) is 10.8. The molecule has 0 radical (unpaired) electrons. The summed E-state index contributed by atoms with van der Waals surface area (Å²) in [7, 11) is 1.67. The van der Waals surface area contributed by atoms with Crippen LogP contribution in [-0.2, 0) is 0 Å². The van der Waals surface area contributed by atoms with Gasteiger partial charge in [-0.05, 0) is 55.0 Å². The maximum absolute atomic E-state index is 5.43. The highest BCUT2D eigenvalue weighted by molar-refractivity contribution is 7.71. The zero-order valence-corrected chi connectivity index (χ0v) is 11.6. The van der Waals surface area contributed by atoms with Gasteiger partial charge in [0, 0.05) is 0 Å². The van der Waals surface area contributed by atoms with Gasteiger partial charge in [-0.1, -0.05) is 12.1 Å². The van der Waals surface area contributed by atoms with Crippen molar-refractivity contribution in [2.45, 2.75) is 6.92 Å². The number of benzene rings is 2. The monoisotopic (exact) mass is 270 g/mol. The highest BCUT2D eigenvalue weighted by Gasteiger charge is 2.08. The first-order chi connectivity index (χ1) is 9.20. The predicted octanol–water partition coefficient (Wildman–Crippen LogP) is 4.01. The van der Waals surface area contributed by atoms with Gasteiger partial charge in [0.2, 0.25) is 0 Å². The molecule has 19 heavy (non-hydrogen) atoms. The molecule has 0 aliphatic heterocycles. The normalized spacial score (nSPS) is 10.8. The number of hydrogen-bond donors (Lipinski definition) is 1. The number of rotatable bonds is 2. The Kier molecular flexibility index (Phi) is 2.87. The van der Waals surface area contributed by atoms with Crippen LogP contribution in [0.4, 0.5) is 0 Å². The van der Waals surface area contributed by atoms with Gasteiger partial charge >= 0.3 is 0 Å². The molecule has 0 bridgehead atoms. The van der Waals surface area contributed by atoms with E-state index < -0.39 is 0 Å². The summed E-state index contributed by atoms with van der Waals surface area (Å²) in [6, 6.07) is 14.1. The molecule has 1 heterocycles. The maximum Gasteiger partial charge on any atom is 0.182 e. The van der Waals surface area contributed by atoms with Crippen LogP contribution >= 0.6 is 12.2 Å². The van der Waals surface area contributed by atoms with Crippen molar-refractivity contribution in [1.82, 2.24) is 9.55 Å². The fourth-order valence-corrected chi connectivity index (χ4v) is 2.61. The van der Waals surface area contributed by atoms with Gasteiger partial charge in [0.25, 0.3) is 0 Å². The second kappa shape index (κ2) is 4.55. The molecule has 3 aromatic rings. The number of imidazole rings is 1. The molecule has 0 unspecified atom stereocenters. The van der Waals surface area contributed by atoms with E-state index >= 15 is 0 Å². The number of aromatic amines is 1. The van der Waals surface area contributed by atoms with Crippen molar-refractivity contribution < 1.29 is 4.74 Å². The van der Waals surface area contributed by atoms with Crippen LogP contribution in [-0.4, -0.2) is 16.7 Å². The van der Waals surface area contributed by atoms with Gasteiger partial charge in [-0.2, -0.15) is 0 Å². The van der Waals surface area contributed by atoms with Crippen molar-refractivity contribution in [3.8, 4) is 11.4 Å². The van der Waals surface area contributed by atoms with Crippen molar-refractivity contribution in [3.63, 3.8) is 0 Å². The van der Waals surface area contributed by atoms with Gasteiger partial charge < -0.3 is 9.72 Å². The van der Waals surface area contributed by atoms with Gasteiger partial charge in [-0.25, -0.2) is 0 Å². The van der Waals surface area contributed by atoms with E-state index in [2.05, 4.69) is 22.5 Å². The number of hydrogen-bond acceptors (Lipinski definition) is 2. The first kappa shape index (κ1) is 12.0. The van der Waals surface area contributed by atoms with Crippen molar-refractivity contribution in [1.29, 1.82) is 0 Å². The summed E-state index contributed by atoms with van der Waals surface area (Å²) in [6.07, 6.45) is 0. The molecule has 0 spiro atoms. The third-order valence-electron chi connectivity index (χ3n) is 3.23. The first-order valence-electron chi connectivity index (χ1n) is 6.05. The lowest BCUT2D eigenvalue weighted by atomic mass is 10.2. The number of nitrogens with one attached hydrogen (secondary N) is 1. The Morgan fingerprint density at radius 2 is 1.95 bits per heavy atom. The summed E-state index contributed by atoms with van der Waals surface area (Å²) in [5, 5.41) is 0. The predicted molar refractivity (Wildman–Crippen MR) is 79.7 cm³/mol. The number of fused-ring (bicyclic) bond motifs is 1. The van der Waals surface area contributed by atoms with Gasteiger partial charge in [-0.3, -0.25) is 4.57 Å². The van der Waals surface area contributed by atoms with Gasteiger partial charge in [0.1, 0.15) is 5.75 Å². The number of ether oxygens (including phenoxy) is 1. The number of aryl methyl sites for hydroxylation is 1. The number of nitrogens with zero attached hydrogens (tertiary/aromatic N) is 1. The van der Waals surface area contributed by atoms with Gasteiger partial charge in [0.15, 0.2) is 4.77 Å². The average Bonchev–Trinajstić information content (AvgIpc) is 2.75.